The molecule has 2 aliphatic rings. The molecule has 0 bridgehead atoms. The minimum absolute atomic E-state index is 0. The van der Waals surface area contributed by atoms with E-state index < -0.39 is 0 Å². The van der Waals surface area contributed by atoms with Crippen LogP contribution in [0, 0.1) is 5.41 Å². The first-order valence-corrected chi connectivity index (χ1v) is 8.72. The minimum atomic E-state index is -0.0471. The Morgan fingerprint density at radius 1 is 1.20 bits per heavy atom. The van der Waals surface area contributed by atoms with Crippen LogP contribution in [0.1, 0.15) is 29.8 Å². The predicted octanol–water partition coefficient (Wildman–Crippen LogP) is 2.56. The monoisotopic (exact) mass is 381 g/mol. The van der Waals surface area contributed by atoms with Crippen molar-refractivity contribution in [1.82, 2.24) is 25.2 Å². The highest BCUT2D eigenvalue weighted by Gasteiger charge is 2.38. The number of carbonyl (C=O) groups excluding carboxylic acids is 1. The van der Waals surface area contributed by atoms with E-state index >= 15 is 0 Å². The molecule has 6 nitrogen and oxygen atoms in total. The van der Waals surface area contributed by atoms with Crippen molar-refractivity contribution >= 4 is 29.9 Å². The third-order valence-corrected chi connectivity index (χ3v) is 5.57. The molecule has 2 aromatic rings. The second-order valence-corrected chi connectivity index (χ2v) is 7.13. The quantitative estimate of drug-likeness (QED) is 0.867. The summed E-state index contributed by atoms with van der Waals surface area (Å²) in [6.45, 7) is 3.76. The molecule has 2 saturated heterocycles. The number of aromatic nitrogens is 3. The zero-order chi connectivity index (χ0) is 16.6. The standard InChI is InChI=1S/C17H20ClN5O.ClH/c18-13-3-1-2-4-15(13)23-11-14(20-21-23)16(24)22-9-6-17(7-10-22)5-8-19-12-17;/h1-4,11,19H,5-10,12H2;1H. The lowest BCUT2D eigenvalue weighted by Gasteiger charge is -2.38. The molecule has 134 valence electrons. The Morgan fingerprint density at radius 2 is 1.96 bits per heavy atom. The number of rotatable bonds is 2. The lowest BCUT2D eigenvalue weighted by Crippen LogP contribution is -2.44. The summed E-state index contributed by atoms with van der Waals surface area (Å²) in [5, 5.41) is 12.1. The third-order valence-electron chi connectivity index (χ3n) is 5.26. The molecule has 0 unspecified atom stereocenters. The summed E-state index contributed by atoms with van der Waals surface area (Å²) in [4.78, 5) is 14.6. The largest absolute Gasteiger partial charge is 0.337 e. The first-order chi connectivity index (χ1) is 11.7. The zero-order valence-corrected chi connectivity index (χ0v) is 15.4. The molecular formula is C17H21Cl2N5O. The van der Waals surface area contributed by atoms with Gasteiger partial charge in [0.25, 0.3) is 5.91 Å². The van der Waals surface area contributed by atoms with Gasteiger partial charge in [-0.05, 0) is 43.4 Å². The van der Waals surface area contributed by atoms with Crippen molar-refractivity contribution in [1.29, 1.82) is 0 Å². The Kier molecular flexibility index (Phi) is 5.32. The number of halogens is 2. The molecule has 1 aromatic carbocycles. The van der Waals surface area contributed by atoms with Crippen LogP contribution in [0.25, 0.3) is 5.69 Å². The van der Waals surface area contributed by atoms with Gasteiger partial charge in [0.2, 0.25) is 0 Å². The van der Waals surface area contributed by atoms with Crippen LogP contribution in [0.4, 0.5) is 0 Å². The Balaban J connectivity index is 0.00000182. The lowest BCUT2D eigenvalue weighted by atomic mass is 9.78. The van der Waals surface area contributed by atoms with Crippen molar-refractivity contribution in [2.24, 2.45) is 5.41 Å². The van der Waals surface area contributed by atoms with E-state index in [1.807, 2.05) is 23.1 Å². The van der Waals surface area contributed by atoms with E-state index in [0.29, 0.717) is 16.1 Å². The Labute approximate surface area is 157 Å². The van der Waals surface area contributed by atoms with Gasteiger partial charge in [-0.2, -0.15) is 0 Å². The van der Waals surface area contributed by atoms with Crippen molar-refractivity contribution in [2.45, 2.75) is 19.3 Å². The van der Waals surface area contributed by atoms with Crippen molar-refractivity contribution < 1.29 is 4.79 Å². The Bertz CT molecular complexity index is 747. The summed E-state index contributed by atoms with van der Waals surface area (Å²) in [5.74, 6) is -0.0471. The van der Waals surface area contributed by atoms with Gasteiger partial charge in [-0.3, -0.25) is 4.79 Å². The summed E-state index contributed by atoms with van der Waals surface area (Å²) >= 11 is 6.18. The lowest BCUT2D eigenvalue weighted by molar-refractivity contribution is 0.0602. The van der Waals surface area contributed by atoms with Gasteiger partial charge in [-0.15, -0.1) is 17.5 Å². The van der Waals surface area contributed by atoms with Gasteiger partial charge in [-0.25, -0.2) is 4.68 Å². The highest BCUT2D eigenvalue weighted by molar-refractivity contribution is 6.32. The molecule has 1 spiro atoms. The Morgan fingerprint density at radius 3 is 2.64 bits per heavy atom. The summed E-state index contributed by atoms with van der Waals surface area (Å²) < 4.78 is 1.56. The maximum absolute atomic E-state index is 12.7. The third kappa shape index (κ3) is 3.52. The van der Waals surface area contributed by atoms with Gasteiger partial charge in [0.05, 0.1) is 16.9 Å². The molecule has 1 N–H and O–H groups in total. The van der Waals surface area contributed by atoms with Gasteiger partial charge in [-0.1, -0.05) is 28.9 Å². The van der Waals surface area contributed by atoms with E-state index in [2.05, 4.69) is 15.6 Å². The average molecular weight is 382 g/mol. The summed E-state index contributed by atoms with van der Waals surface area (Å²) in [7, 11) is 0. The fourth-order valence-electron chi connectivity index (χ4n) is 3.69. The van der Waals surface area contributed by atoms with Gasteiger partial charge < -0.3 is 10.2 Å². The number of benzene rings is 1. The average Bonchev–Trinajstić information content (AvgIpc) is 3.26. The van der Waals surface area contributed by atoms with Crippen LogP contribution in [0.2, 0.25) is 5.02 Å². The topological polar surface area (TPSA) is 63.1 Å². The minimum Gasteiger partial charge on any atom is -0.337 e. The van der Waals surface area contributed by atoms with Crippen molar-refractivity contribution in [2.75, 3.05) is 26.2 Å². The van der Waals surface area contributed by atoms with Crippen LogP contribution in [0.5, 0.6) is 0 Å². The van der Waals surface area contributed by atoms with Crippen LogP contribution in [-0.2, 0) is 0 Å². The van der Waals surface area contributed by atoms with E-state index in [4.69, 9.17) is 11.6 Å². The molecule has 25 heavy (non-hydrogen) atoms. The number of likely N-dealkylation sites (tertiary alicyclic amines) is 1. The SMILES string of the molecule is Cl.O=C(c1cn(-c2ccccc2Cl)nn1)N1CCC2(CCNC2)CC1. The summed E-state index contributed by atoms with van der Waals surface area (Å²) in [6.07, 6.45) is 5.00. The highest BCUT2D eigenvalue weighted by Crippen LogP contribution is 2.37. The van der Waals surface area contributed by atoms with Crippen LogP contribution >= 0.6 is 24.0 Å². The molecule has 4 rings (SSSR count). The second kappa shape index (κ2) is 7.32. The van der Waals surface area contributed by atoms with Crippen LogP contribution in [0.15, 0.2) is 30.5 Å². The van der Waals surface area contributed by atoms with Crippen LogP contribution in [-0.4, -0.2) is 52.0 Å². The molecular weight excluding hydrogens is 361 g/mol. The zero-order valence-electron chi connectivity index (χ0n) is 13.8. The molecule has 2 fully saturated rings. The van der Waals surface area contributed by atoms with Crippen molar-refractivity contribution in [3.05, 3.63) is 41.2 Å². The predicted molar refractivity (Wildman–Crippen MR) is 98.7 cm³/mol. The van der Waals surface area contributed by atoms with Crippen molar-refractivity contribution in [3.8, 4) is 5.69 Å². The van der Waals surface area contributed by atoms with E-state index in [1.165, 1.54) is 6.42 Å². The number of amides is 1. The summed E-state index contributed by atoms with van der Waals surface area (Å²) in [6, 6.07) is 7.38. The van der Waals surface area contributed by atoms with Crippen LogP contribution < -0.4 is 5.32 Å². The van der Waals surface area contributed by atoms with E-state index in [9.17, 15) is 4.79 Å². The molecule has 8 heteroatoms. The van der Waals surface area contributed by atoms with E-state index in [0.717, 1.165) is 44.7 Å². The van der Waals surface area contributed by atoms with E-state index in [-0.39, 0.29) is 18.3 Å². The van der Waals surface area contributed by atoms with Gasteiger partial charge in [0.15, 0.2) is 5.69 Å². The maximum atomic E-state index is 12.7. The fourth-order valence-corrected chi connectivity index (χ4v) is 3.91. The molecule has 0 aliphatic carbocycles. The molecule has 2 aliphatic heterocycles. The molecule has 3 heterocycles. The molecule has 0 atom stereocenters. The van der Waals surface area contributed by atoms with E-state index in [1.54, 1.807) is 16.9 Å². The second-order valence-electron chi connectivity index (χ2n) is 6.72. The molecule has 1 amide bonds. The van der Waals surface area contributed by atoms with Gasteiger partial charge >= 0.3 is 0 Å². The van der Waals surface area contributed by atoms with Crippen LogP contribution in [0.3, 0.4) is 0 Å². The number of piperidine rings is 1. The number of hydrogen-bond acceptors (Lipinski definition) is 4. The highest BCUT2D eigenvalue weighted by atomic mass is 35.5. The normalized spacial score (nSPS) is 19.0. The molecule has 0 saturated carbocycles. The molecule has 0 radical (unpaired) electrons. The maximum Gasteiger partial charge on any atom is 0.276 e. The summed E-state index contributed by atoms with van der Waals surface area (Å²) in [5.41, 5.74) is 1.49. The van der Waals surface area contributed by atoms with Crippen molar-refractivity contribution in [3.63, 3.8) is 0 Å². The first-order valence-electron chi connectivity index (χ1n) is 8.34. The van der Waals surface area contributed by atoms with Gasteiger partial charge in [0.1, 0.15) is 0 Å². The Hall–Kier alpha value is -1.63. The molecule has 1 aromatic heterocycles. The first kappa shape index (κ1) is 18.2. The number of carbonyl (C=O) groups is 1. The fraction of sp³-hybridized carbons (Fsp3) is 0.471. The number of para-hydroxylation sites is 1. The number of hydrogen-bond donors (Lipinski definition) is 1. The van der Waals surface area contributed by atoms with Gasteiger partial charge in [0, 0.05) is 19.6 Å². The number of nitrogens with one attached hydrogen (secondary N) is 1. The smallest absolute Gasteiger partial charge is 0.276 e. The number of nitrogens with zero attached hydrogens (tertiary/aromatic N) is 4.